The highest BCUT2D eigenvalue weighted by Gasteiger charge is 2.38. The fourth-order valence-electron chi connectivity index (χ4n) is 3.17. The minimum Gasteiger partial charge on any atom is -0.481 e. The average Bonchev–Trinajstić information content (AvgIpc) is 3.22. The number of aromatic nitrogens is 3. The minimum atomic E-state index is -4.68. The molecule has 8 nitrogen and oxygen atoms in total. The van der Waals surface area contributed by atoms with E-state index < -0.39 is 23.7 Å². The van der Waals surface area contributed by atoms with Crippen LogP contribution in [0.25, 0.3) is 0 Å². The van der Waals surface area contributed by atoms with Crippen LogP contribution < -0.4 is 15.0 Å². The molecule has 0 radical (unpaired) electrons. The number of benzene rings is 1. The molecule has 0 aliphatic carbocycles. The molecule has 2 aromatic heterocycles. The summed E-state index contributed by atoms with van der Waals surface area (Å²) < 4.78 is 64.0. The Hall–Kier alpha value is -3.67. The van der Waals surface area contributed by atoms with Gasteiger partial charge in [0.2, 0.25) is 5.88 Å². The van der Waals surface area contributed by atoms with Crippen LogP contribution in [0.5, 0.6) is 5.88 Å². The lowest BCUT2D eigenvalue weighted by Crippen LogP contribution is -2.35. The van der Waals surface area contributed by atoms with Crippen LogP contribution in [-0.2, 0) is 23.9 Å². The van der Waals surface area contributed by atoms with Crippen molar-refractivity contribution < 1.29 is 31.8 Å². The highest BCUT2D eigenvalue weighted by Crippen LogP contribution is 2.33. The number of aromatic amines is 1. The van der Waals surface area contributed by atoms with Crippen LogP contribution in [0.4, 0.5) is 33.7 Å². The van der Waals surface area contributed by atoms with Gasteiger partial charge in [-0.15, -0.1) is 0 Å². The summed E-state index contributed by atoms with van der Waals surface area (Å²) in [6.45, 7) is 1.86. The zero-order valence-electron chi connectivity index (χ0n) is 18.4. The molecule has 3 aromatic rings. The molecule has 3 rings (SSSR count). The van der Waals surface area contributed by atoms with E-state index in [0.717, 1.165) is 0 Å². The lowest BCUT2D eigenvalue weighted by atomic mass is 10.1. The second kappa shape index (κ2) is 11.0. The molecule has 0 saturated carbocycles. The lowest BCUT2D eigenvalue weighted by Gasteiger charge is -2.23. The van der Waals surface area contributed by atoms with Crippen molar-refractivity contribution in [1.82, 2.24) is 15.2 Å². The van der Waals surface area contributed by atoms with E-state index >= 15 is 0 Å². The first-order valence-electron chi connectivity index (χ1n) is 10.3. The maximum Gasteiger partial charge on any atom is 0.435 e. The summed E-state index contributed by atoms with van der Waals surface area (Å²) in [5.41, 5.74) is -0.470. The van der Waals surface area contributed by atoms with E-state index in [-0.39, 0.29) is 30.8 Å². The van der Waals surface area contributed by atoms with Crippen LogP contribution in [0, 0.1) is 5.82 Å². The van der Waals surface area contributed by atoms with Gasteiger partial charge in [-0.1, -0.05) is 0 Å². The van der Waals surface area contributed by atoms with Crippen LogP contribution in [0.15, 0.2) is 42.6 Å². The number of nitrogens with one attached hydrogen (secondary N) is 2. The lowest BCUT2D eigenvalue weighted by molar-refractivity contribution is -0.141. The number of carbonyl (C=O) groups excluding carboxylic acids is 1. The summed E-state index contributed by atoms with van der Waals surface area (Å²) in [5.74, 6) is -0.189. The number of urea groups is 1. The second-order valence-electron chi connectivity index (χ2n) is 7.06. The largest absolute Gasteiger partial charge is 0.481 e. The molecule has 0 unspecified atom stereocenters. The number of methoxy groups -OCH3 is 1. The van der Waals surface area contributed by atoms with Gasteiger partial charge in [-0.25, -0.2) is 14.2 Å². The Morgan fingerprint density at radius 3 is 2.50 bits per heavy atom. The summed E-state index contributed by atoms with van der Waals surface area (Å²) in [6, 6.07) is 7.45. The molecule has 2 heterocycles. The van der Waals surface area contributed by atoms with Gasteiger partial charge in [-0.3, -0.25) is 10.00 Å². The Balaban J connectivity index is 1.95. The number of alkyl halides is 3. The molecule has 0 aliphatic heterocycles. The Kier molecular flexibility index (Phi) is 8.05. The number of amides is 2. The third kappa shape index (κ3) is 6.22. The number of rotatable bonds is 9. The smallest absolute Gasteiger partial charge is 0.435 e. The van der Waals surface area contributed by atoms with Crippen LogP contribution in [0.2, 0.25) is 0 Å². The van der Waals surface area contributed by atoms with E-state index in [2.05, 4.69) is 20.5 Å². The predicted octanol–water partition coefficient (Wildman–Crippen LogP) is 4.79. The zero-order chi connectivity index (χ0) is 24.7. The number of hydrogen-bond acceptors (Lipinski definition) is 5. The van der Waals surface area contributed by atoms with Crippen LogP contribution in [-0.4, -0.2) is 41.5 Å². The first kappa shape index (κ1) is 25.0. The SMILES string of the molecule is CCOCCc1c(C(F)(F)F)n[nH]c1CN(C(=O)Nc1ccc(F)cc1)c1ccc(OC)nc1. The average molecular weight is 481 g/mol. The Morgan fingerprint density at radius 1 is 1.18 bits per heavy atom. The molecule has 0 atom stereocenters. The summed E-state index contributed by atoms with van der Waals surface area (Å²) in [4.78, 5) is 18.4. The molecule has 12 heteroatoms. The van der Waals surface area contributed by atoms with Crippen molar-refractivity contribution in [3.63, 3.8) is 0 Å². The molecular formula is C22H23F4N5O3. The van der Waals surface area contributed by atoms with Crippen molar-refractivity contribution in [3.8, 4) is 5.88 Å². The Morgan fingerprint density at radius 2 is 1.91 bits per heavy atom. The summed E-state index contributed by atoms with van der Waals surface area (Å²) in [5, 5.41) is 8.47. The Bertz CT molecular complexity index is 1090. The van der Waals surface area contributed by atoms with Gasteiger partial charge in [-0.2, -0.15) is 18.3 Å². The van der Waals surface area contributed by atoms with E-state index in [1.807, 2.05) is 0 Å². The van der Waals surface area contributed by atoms with Crippen molar-refractivity contribution in [2.24, 2.45) is 0 Å². The van der Waals surface area contributed by atoms with Gasteiger partial charge in [0.15, 0.2) is 5.69 Å². The first-order chi connectivity index (χ1) is 16.2. The molecule has 34 heavy (non-hydrogen) atoms. The van der Waals surface area contributed by atoms with Gasteiger partial charge in [0, 0.05) is 23.9 Å². The summed E-state index contributed by atoms with van der Waals surface area (Å²) in [7, 11) is 1.43. The molecule has 0 spiro atoms. The number of anilines is 2. The number of carbonyl (C=O) groups is 1. The van der Waals surface area contributed by atoms with E-state index in [4.69, 9.17) is 9.47 Å². The number of H-pyrrole nitrogens is 1. The molecular weight excluding hydrogens is 458 g/mol. The highest BCUT2D eigenvalue weighted by atomic mass is 19.4. The number of hydrogen-bond donors (Lipinski definition) is 2. The highest BCUT2D eigenvalue weighted by molar-refractivity contribution is 6.01. The third-order valence-corrected chi connectivity index (χ3v) is 4.82. The van der Waals surface area contributed by atoms with Gasteiger partial charge >= 0.3 is 12.2 Å². The van der Waals surface area contributed by atoms with Crippen LogP contribution >= 0.6 is 0 Å². The van der Waals surface area contributed by atoms with E-state index in [9.17, 15) is 22.4 Å². The van der Waals surface area contributed by atoms with Crippen molar-refractivity contribution >= 4 is 17.4 Å². The maximum atomic E-state index is 13.5. The molecule has 2 amide bonds. The van der Waals surface area contributed by atoms with Crippen LogP contribution in [0.1, 0.15) is 23.9 Å². The zero-order valence-corrected chi connectivity index (χ0v) is 18.4. The minimum absolute atomic E-state index is 0.0528. The molecule has 2 N–H and O–H groups in total. The van der Waals surface area contributed by atoms with E-state index in [1.165, 1.54) is 54.6 Å². The molecule has 0 bridgehead atoms. The third-order valence-electron chi connectivity index (χ3n) is 4.82. The number of nitrogens with zero attached hydrogens (tertiary/aromatic N) is 3. The normalized spacial score (nSPS) is 11.4. The molecule has 182 valence electrons. The van der Waals surface area contributed by atoms with Gasteiger partial charge in [0.1, 0.15) is 5.82 Å². The van der Waals surface area contributed by atoms with Crippen molar-refractivity contribution in [2.75, 3.05) is 30.5 Å². The maximum absolute atomic E-state index is 13.5. The summed E-state index contributed by atoms with van der Waals surface area (Å²) in [6.07, 6.45) is -3.38. The van der Waals surface area contributed by atoms with E-state index in [1.54, 1.807) is 6.92 Å². The van der Waals surface area contributed by atoms with E-state index in [0.29, 0.717) is 23.9 Å². The van der Waals surface area contributed by atoms with Crippen molar-refractivity contribution in [3.05, 3.63) is 65.4 Å². The fraction of sp³-hybridized carbons (Fsp3) is 0.318. The number of pyridine rings is 1. The van der Waals surface area contributed by atoms with Crippen LogP contribution in [0.3, 0.4) is 0 Å². The Labute approximate surface area is 192 Å². The molecule has 0 saturated heterocycles. The quantitative estimate of drug-likeness (QED) is 0.339. The molecule has 1 aromatic carbocycles. The van der Waals surface area contributed by atoms with Crippen molar-refractivity contribution in [2.45, 2.75) is 26.1 Å². The molecule has 0 fully saturated rings. The van der Waals surface area contributed by atoms with Gasteiger partial charge < -0.3 is 14.8 Å². The topological polar surface area (TPSA) is 92.4 Å². The number of ether oxygens (including phenoxy) is 2. The first-order valence-corrected chi connectivity index (χ1v) is 10.3. The van der Waals surface area contributed by atoms with Gasteiger partial charge in [0.05, 0.1) is 37.8 Å². The number of halogens is 4. The van der Waals surface area contributed by atoms with Gasteiger partial charge in [-0.05, 0) is 43.7 Å². The monoisotopic (exact) mass is 481 g/mol. The molecule has 0 aliphatic rings. The summed E-state index contributed by atoms with van der Waals surface area (Å²) >= 11 is 0. The van der Waals surface area contributed by atoms with Crippen molar-refractivity contribution in [1.29, 1.82) is 0 Å². The standard InChI is InChI=1S/C22H23F4N5O3/c1-3-34-11-10-17-18(29-30-20(17)22(24,25)26)13-31(16-8-9-19(33-2)27-12-16)21(32)28-15-6-4-14(23)5-7-15/h4-9,12H,3,10-11,13H2,1-2H3,(H,28,32)(H,29,30). The van der Waals surface area contributed by atoms with Gasteiger partial charge in [0.25, 0.3) is 0 Å². The fourth-order valence-corrected chi connectivity index (χ4v) is 3.17. The second-order valence-corrected chi connectivity index (χ2v) is 7.06. The predicted molar refractivity (Wildman–Crippen MR) is 116 cm³/mol.